The van der Waals surface area contributed by atoms with Crippen molar-refractivity contribution >= 4 is 11.3 Å². The molecule has 0 aliphatic rings. The Morgan fingerprint density at radius 1 is 1.12 bits per heavy atom. The van der Waals surface area contributed by atoms with Crippen molar-refractivity contribution in [3.63, 3.8) is 0 Å². The Hall–Kier alpha value is -1.19. The van der Waals surface area contributed by atoms with Crippen molar-refractivity contribution < 1.29 is 0 Å². The van der Waals surface area contributed by atoms with Crippen LogP contribution in [0.3, 0.4) is 0 Å². The van der Waals surface area contributed by atoms with E-state index in [0.29, 0.717) is 12.1 Å². The molecule has 0 fully saturated rings. The zero-order valence-electron chi connectivity index (χ0n) is 9.55. The van der Waals surface area contributed by atoms with Gasteiger partial charge < -0.3 is 5.32 Å². The maximum atomic E-state index is 4.10. The van der Waals surface area contributed by atoms with Crippen molar-refractivity contribution in [1.29, 1.82) is 0 Å². The number of aromatic nitrogens is 1. The number of hydrogen-bond acceptors (Lipinski definition) is 3. The minimum absolute atomic E-state index is 0.350. The lowest BCUT2D eigenvalue weighted by molar-refractivity contribution is 0.499. The van der Waals surface area contributed by atoms with Crippen molar-refractivity contribution in [3.05, 3.63) is 52.5 Å². The zero-order chi connectivity index (χ0) is 11.4. The first-order valence-electron chi connectivity index (χ1n) is 5.46. The molecule has 0 saturated heterocycles. The molecule has 2 atom stereocenters. The van der Waals surface area contributed by atoms with Gasteiger partial charge >= 0.3 is 0 Å². The first kappa shape index (κ1) is 11.3. The van der Waals surface area contributed by atoms with Crippen LogP contribution in [-0.2, 0) is 0 Å². The van der Waals surface area contributed by atoms with Crippen LogP contribution in [0.1, 0.15) is 36.4 Å². The molecule has 3 heteroatoms. The molecule has 1 heterocycles. The summed E-state index contributed by atoms with van der Waals surface area (Å²) in [5, 5.41) is 3.57. The molecule has 1 unspecified atom stereocenters. The van der Waals surface area contributed by atoms with E-state index in [0.717, 1.165) is 0 Å². The summed E-state index contributed by atoms with van der Waals surface area (Å²) in [7, 11) is 0. The first-order valence-corrected chi connectivity index (χ1v) is 6.34. The van der Waals surface area contributed by atoms with Gasteiger partial charge in [-0.25, -0.2) is 0 Å². The van der Waals surface area contributed by atoms with Gasteiger partial charge in [0.15, 0.2) is 0 Å². The molecule has 2 rings (SSSR count). The fourth-order valence-corrected chi connectivity index (χ4v) is 2.37. The van der Waals surface area contributed by atoms with E-state index in [1.807, 2.05) is 17.8 Å². The summed E-state index contributed by atoms with van der Waals surface area (Å²) in [5.74, 6) is 0. The highest BCUT2D eigenvalue weighted by Crippen LogP contribution is 2.21. The normalized spacial score (nSPS) is 14.6. The fourth-order valence-electron chi connectivity index (χ4n) is 1.73. The van der Waals surface area contributed by atoms with Gasteiger partial charge in [0.25, 0.3) is 0 Å². The Morgan fingerprint density at radius 2 is 1.88 bits per heavy atom. The maximum Gasteiger partial charge on any atom is 0.0794 e. The summed E-state index contributed by atoms with van der Waals surface area (Å²) >= 11 is 1.69. The minimum atomic E-state index is 0.350. The molecule has 0 amide bonds. The third kappa shape index (κ3) is 2.68. The van der Waals surface area contributed by atoms with Gasteiger partial charge in [-0.1, -0.05) is 30.3 Å². The molecule has 2 nitrogen and oxygen atoms in total. The first-order chi connectivity index (χ1) is 7.77. The topological polar surface area (TPSA) is 24.9 Å². The van der Waals surface area contributed by atoms with Crippen molar-refractivity contribution in [2.24, 2.45) is 0 Å². The molecule has 1 aromatic heterocycles. The van der Waals surface area contributed by atoms with Gasteiger partial charge in [0, 0.05) is 23.2 Å². The lowest BCUT2D eigenvalue weighted by Crippen LogP contribution is -2.21. The zero-order valence-corrected chi connectivity index (χ0v) is 10.4. The van der Waals surface area contributed by atoms with Crippen LogP contribution >= 0.6 is 11.3 Å². The predicted octanol–water partition coefficient (Wildman–Crippen LogP) is 3.55. The summed E-state index contributed by atoms with van der Waals surface area (Å²) in [6.45, 7) is 4.36. The highest BCUT2D eigenvalue weighted by Gasteiger charge is 2.11. The van der Waals surface area contributed by atoms with Crippen molar-refractivity contribution in [2.45, 2.75) is 25.9 Å². The number of rotatable bonds is 4. The molecular weight excluding hydrogens is 216 g/mol. The average Bonchev–Trinajstić information content (AvgIpc) is 2.83. The molecule has 0 spiro atoms. The monoisotopic (exact) mass is 232 g/mol. The fraction of sp³-hybridized carbons (Fsp3) is 0.308. The number of hydrogen-bond donors (Lipinski definition) is 1. The Balaban J connectivity index is 2.00. The van der Waals surface area contributed by atoms with Crippen LogP contribution in [0.5, 0.6) is 0 Å². The molecule has 16 heavy (non-hydrogen) atoms. The van der Waals surface area contributed by atoms with Crippen LogP contribution in [-0.4, -0.2) is 4.98 Å². The van der Waals surface area contributed by atoms with E-state index in [1.165, 1.54) is 10.4 Å². The second-order valence-corrected chi connectivity index (χ2v) is 4.84. The van der Waals surface area contributed by atoms with E-state index in [4.69, 9.17) is 0 Å². The van der Waals surface area contributed by atoms with Gasteiger partial charge in [0.2, 0.25) is 0 Å². The lowest BCUT2D eigenvalue weighted by atomic mass is 10.1. The number of nitrogens with zero attached hydrogens (tertiary/aromatic N) is 1. The van der Waals surface area contributed by atoms with Gasteiger partial charge in [-0.2, -0.15) is 0 Å². The summed E-state index contributed by atoms with van der Waals surface area (Å²) < 4.78 is 0. The number of benzene rings is 1. The Bertz CT molecular complexity index is 411. The molecular formula is C13H16N2S. The van der Waals surface area contributed by atoms with Gasteiger partial charge in [0.1, 0.15) is 0 Å². The standard InChI is InChI=1S/C13H16N2S/c1-10(12-6-4-3-5-7-12)15-11(2)13-8-14-9-16-13/h3-11,15H,1-2H3/t10-,11?/m0/s1. The molecule has 0 aliphatic carbocycles. The summed E-state index contributed by atoms with van der Waals surface area (Å²) in [5.41, 5.74) is 3.19. The van der Waals surface area contributed by atoms with Crippen LogP contribution in [0, 0.1) is 0 Å². The van der Waals surface area contributed by atoms with Crippen LogP contribution in [0.2, 0.25) is 0 Å². The SMILES string of the molecule is CC(N[C@@H](C)c1ccccc1)c1cncs1. The molecule has 1 aromatic carbocycles. The third-order valence-corrected chi connectivity index (χ3v) is 3.64. The second-order valence-electron chi connectivity index (χ2n) is 3.92. The third-order valence-electron chi connectivity index (χ3n) is 2.68. The van der Waals surface area contributed by atoms with Gasteiger partial charge in [-0.3, -0.25) is 4.98 Å². The smallest absolute Gasteiger partial charge is 0.0794 e. The molecule has 84 valence electrons. The number of thiazole rings is 1. The van der Waals surface area contributed by atoms with Crippen molar-refractivity contribution in [2.75, 3.05) is 0 Å². The van der Waals surface area contributed by atoms with E-state index in [9.17, 15) is 0 Å². The molecule has 0 radical (unpaired) electrons. The molecule has 0 aliphatic heterocycles. The minimum Gasteiger partial charge on any atom is -0.303 e. The Labute approximate surface area is 100 Å². The highest BCUT2D eigenvalue weighted by molar-refractivity contribution is 7.09. The number of nitrogens with one attached hydrogen (secondary N) is 1. The van der Waals surface area contributed by atoms with Crippen LogP contribution in [0.4, 0.5) is 0 Å². The van der Waals surface area contributed by atoms with Crippen LogP contribution in [0.25, 0.3) is 0 Å². The van der Waals surface area contributed by atoms with Crippen molar-refractivity contribution in [1.82, 2.24) is 10.3 Å². The van der Waals surface area contributed by atoms with E-state index in [2.05, 4.69) is 48.4 Å². The van der Waals surface area contributed by atoms with E-state index in [1.54, 1.807) is 11.3 Å². The summed E-state index contributed by atoms with van der Waals surface area (Å²) in [6.07, 6.45) is 1.93. The predicted molar refractivity (Wildman–Crippen MR) is 68.5 cm³/mol. The van der Waals surface area contributed by atoms with Crippen molar-refractivity contribution in [3.8, 4) is 0 Å². The van der Waals surface area contributed by atoms with Gasteiger partial charge in [-0.05, 0) is 19.4 Å². The Kier molecular flexibility index (Phi) is 3.70. The Morgan fingerprint density at radius 3 is 2.50 bits per heavy atom. The van der Waals surface area contributed by atoms with Gasteiger partial charge in [0.05, 0.1) is 5.51 Å². The lowest BCUT2D eigenvalue weighted by Gasteiger charge is -2.19. The average molecular weight is 232 g/mol. The molecule has 0 bridgehead atoms. The van der Waals surface area contributed by atoms with E-state index < -0.39 is 0 Å². The van der Waals surface area contributed by atoms with E-state index >= 15 is 0 Å². The van der Waals surface area contributed by atoms with Gasteiger partial charge in [-0.15, -0.1) is 11.3 Å². The summed E-state index contributed by atoms with van der Waals surface area (Å²) in [6, 6.07) is 11.2. The van der Waals surface area contributed by atoms with Crippen LogP contribution in [0.15, 0.2) is 42.0 Å². The second kappa shape index (κ2) is 5.23. The van der Waals surface area contributed by atoms with Crippen LogP contribution < -0.4 is 5.32 Å². The molecule has 1 N–H and O–H groups in total. The highest BCUT2D eigenvalue weighted by atomic mass is 32.1. The van der Waals surface area contributed by atoms with E-state index in [-0.39, 0.29) is 0 Å². The largest absolute Gasteiger partial charge is 0.303 e. The molecule has 0 saturated carbocycles. The quantitative estimate of drug-likeness (QED) is 0.872. The summed E-state index contributed by atoms with van der Waals surface area (Å²) in [4.78, 5) is 5.38. The molecule has 2 aromatic rings. The maximum absolute atomic E-state index is 4.10.